The van der Waals surface area contributed by atoms with E-state index in [1.54, 1.807) is 32.9 Å². The van der Waals surface area contributed by atoms with Gasteiger partial charge >= 0.3 is 6.03 Å². The summed E-state index contributed by atoms with van der Waals surface area (Å²) in [6.45, 7) is 6.45. The lowest BCUT2D eigenvalue weighted by molar-refractivity contribution is -0.141. The monoisotopic (exact) mass is 375 g/mol. The van der Waals surface area contributed by atoms with E-state index in [1.165, 1.54) is 6.92 Å². The molecule has 0 aromatic heterocycles. The summed E-state index contributed by atoms with van der Waals surface area (Å²) in [5.74, 6) is -0.523. The van der Waals surface area contributed by atoms with Gasteiger partial charge in [0.05, 0.1) is 0 Å². The second kappa shape index (κ2) is 8.20. The number of hydrazine groups is 1. The van der Waals surface area contributed by atoms with Gasteiger partial charge in [0, 0.05) is 6.42 Å². The molecule has 0 spiro atoms. The van der Waals surface area contributed by atoms with Crippen molar-refractivity contribution in [2.45, 2.75) is 58.6 Å². The standard InChI is InChI=1S/C19H25N3O5/c1-5-19(4)17(25)22(18(26)20-19)21-16(24)13(3)27-15-10-8-14(9-11-15)7-6-12(2)23/h8-11,13H,5-7H2,1-4H3,(H,20,26)(H,21,24). The number of carbonyl (C=O) groups excluding carboxylic acids is 4. The third-order valence-electron chi connectivity index (χ3n) is 4.56. The van der Waals surface area contributed by atoms with Crippen molar-refractivity contribution in [2.75, 3.05) is 0 Å². The van der Waals surface area contributed by atoms with Crippen LogP contribution >= 0.6 is 0 Å². The van der Waals surface area contributed by atoms with E-state index in [2.05, 4.69) is 10.7 Å². The van der Waals surface area contributed by atoms with E-state index in [-0.39, 0.29) is 5.78 Å². The summed E-state index contributed by atoms with van der Waals surface area (Å²) in [4.78, 5) is 47.5. The summed E-state index contributed by atoms with van der Waals surface area (Å²) in [6.07, 6.45) is 0.615. The number of ether oxygens (including phenoxy) is 1. The van der Waals surface area contributed by atoms with Crippen LogP contribution < -0.4 is 15.5 Å². The molecule has 2 N–H and O–H groups in total. The number of rotatable bonds is 8. The van der Waals surface area contributed by atoms with E-state index in [0.717, 1.165) is 5.56 Å². The molecule has 1 aliphatic heterocycles. The van der Waals surface area contributed by atoms with Gasteiger partial charge in [0.15, 0.2) is 6.10 Å². The quantitative estimate of drug-likeness (QED) is 0.673. The van der Waals surface area contributed by atoms with E-state index in [9.17, 15) is 19.2 Å². The molecule has 1 saturated heterocycles. The summed E-state index contributed by atoms with van der Waals surface area (Å²) in [5, 5.41) is 3.25. The van der Waals surface area contributed by atoms with Crippen LogP contribution in [0.2, 0.25) is 0 Å². The number of hydrogen-bond donors (Lipinski definition) is 2. The molecule has 1 heterocycles. The largest absolute Gasteiger partial charge is 0.481 e. The number of carbonyl (C=O) groups is 4. The van der Waals surface area contributed by atoms with Gasteiger partial charge in [-0.1, -0.05) is 19.1 Å². The first-order valence-corrected chi connectivity index (χ1v) is 8.88. The molecule has 1 aliphatic rings. The minimum Gasteiger partial charge on any atom is -0.481 e. The number of hydrogen-bond acceptors (Lipinski definition) is 5. The molecule has 1 aromatic carbocycles. The third kappa shape index (κ3) is 4.84. The summed E-state index contributed by atoms with van der Waals surface area (Å²) < 4.78 is 5.57. The Morgan fingerprint density at radius 2 is 1.89 bits per heavy atom. The zero-order chi connectivity index (χ0) is 20.2. The van der Waals surface area contributed by atoms with Crippen molar-refractivity contribution in [1.29, 1.82) is 0 Å². The van der Waals surface area contributed by atoms with Crippen molar-refractivity contribution in [3.8, 4) is 5.75 Å². The maximum absolute atomic E-state index is 12.3. The first-order chi connectivity index (χ1) is 12.7. The Morgan fingerprint density at radius 1 is 1.26 bits per heavy atom. The van der Waals surface area contributed by atoms with E-state index in [4.69, 9.17) is 4.74 Å². The molecule has 0 aliphatic carbocycles. The highest BCUT2D eigenvalue weighted by Gasteiger charge is 2.47. The van der Waals surface area contributed by atoms with Gasteiger partial charge in [-0.3, -0.25) is 15.0 Å². The fourth-order valence-electron chi connectivity index (χ4n) is 2.54. The molecule has 2 rings (SSSR count). The fraction of sp³-hybridized carbons (Fsp3) is 0.474. The zero-order valence-electron chi connectivity index (χ0n) is 16.0. The molecule has 0 saturated carbocycles. The van der Waals surface area contributed by atoms with Crippen LogP contribution in [0.4, 0.5) is 4.79 Å². The first kappa shape index (κ1) is 20.4. The number of amides is 4. The predicted molar refractivity (Wildman–Crippen MR) is 97.8 cm³/mol. The molecule has 146 valence electrons. The average Bonchev–Trinajstić information content (AvgIpc) is 2.84. The Hall–Kier alpha value is -2.90. The Bertz CT molecular complexity index is 746. The van der Waals surface area contributed by atoms with Crippen LogP contribution in [0.15, 0.2) is 24.3 Å². The smallest absolute Gasteiger partial charge is 0.344 e. The number of Topliss-reactive ketones (excluding diaryl/α,β-unsaturated/α-hetero) is 1. The first-order valence-electron chi connectivity index (χ1n) is 8.88. The molecule has 0 bridgehead atoms. The van der Waals surface area contributed by atoms with Gasteiger partial charge in [-0.15, -0.1) is 0 Å². The van der Waals surface area contributed by atoms with Gasteiger partial charge in [0.2, 0.25) is 0 Å². The number of ketones is 1. The minimum absolute atomic E-state index is 0.125. The fourth-order valence-corrected chi connectivity index (χ4v) is 2.54. The van der Waals surface area contributed by atoms with Crippen LogP contribution in [0.25, 0.3) is 0 Å². The zero-order valence-corrected chi connectivity index (χ0v) is 16.0. The van der Waals surface area contributed by atoms with Crippen molar-refractivity contribution in [1.82, 2.24) is 15.8 Å². The highest BCUT2D eigenvalue weighted by atomic mass is 16.5. The summed E-state index contributed by atoms with van der Waals surface area (Å²) in [7, 11) is 0. The molecule has 4 amide bonds. The average molecular weight is 375 g/mol. The summed E-state index contributed by atoms with van der Waals surface area (Å²) >= 11 is 0. The van der Waals surface area contributed by atoms with E-state index in [1.807, 2.05) is 12.1 Å². The van der Waals surface area contributed by atoms with Gasteiger partial charge in [-0.25, -0.2) is 4.79 Å². The van der Waals surface area contributed by atoms with Crippen molar-refractivity contribution in [3.63, 3.8) is 0 Å². The van der Waals surface area contributed by atoms with Crippen LogP contribution in [0.3, 0.4) is 0 Å². The SMILES string of the molecule is CCC1(C)NC(=O)N(NC(=O)C(C)Oc2ccc(CCC(C)=O)cc2)C1=O. The second-order valence-corrected chi connectivity index (χ2v) is 6.84. The Labute approximate surface area is 158 Å². The van der Waals surface area contributed by atoms with Gasteiger partial charge < -0.3 is 14.8 Å². The number of nitrogens with zero attached hydrogens (tertiary/aromatic N) is 1. The summed E-state index contributed by atoms with van der Waals surface area (Å²) in [5.41, 5.74) is 2.27. The van der Waals surface area contributed by atoms with Crippen molar-refractivity contribution in [2.24, 2.45) is 0 Å². The molecule has 1 aromatic rings. The normalized spacial score (nSPS) is 20.2. The lowest BCUT2D eigenvalue weighted by atomic mass is 10.00. The lowest BCUT2D eigenvalue weighted by Gasteiger charge is -2.21. The molecule has 2 unspecified atom stereocenters. The maximum Gasteiger partial charge on any atom is 0.344 e. The Balaban J connectivity index is 1.93. The second-order valence-electron chi connectivity index (χ2n) is 6.84. The molecule has 8 heteroatoms. The molecule has 8 nitrogen and oxygen atoms in total. The van der Waals surface area contributed by atoms with Crippen LogP contribution in [0.1, 0.15) is 46.1 Å². The van der Waals surface area contributed by atoms with Crippen LogP contribution in [0, 0.1) is 0 Å². The Kier molecular flexibility index (Phi) is 6.20. The number of benzene rings is 1. The van der Waals surface area contributed by atoms with Gasteiger partial charge in [-0.2, -0.15) is 5.01 Å². The number of aryl methyl sites for hydroxylation is 1. The van der Waals surface area contributed by atoms with Crippen molar-refractivity contribution < 1.29 is 23.9 Å². The highest BCUT2D eigenvalue weighted by Crippen LogP contribution is 2.20. The van der Waals surface area contributed by atoms with Gasteiger partial charge in [0.1, 0.15) is 17.1 Å². The predicted octanol–water partition coefficient (Wildman–Crippen LogP) is 1.73. The topological polar surface area (TPSA) is 105 Å². The van der Waals surface area contributed by atoms with Crippen molar-refractivity contribution in [3.05, 3.63) is 29.8 Å². The molecule has 27 heavy (non-hydrogen) atoms. The molecule has 2 atom stereocenters. The maximum atomic E-state index is 12.3. The number of urea groups is 1. The van der Waals surface area contributed by atoms with Crippen LogP contribution in [-0.4, -0.2) is 40.3 Å². The van der Waals surface area contributed by atoms with E-state index in [0.29, 0.717) is 30.0 Å². The van der Waals surface area contributed by atoms with Crippen LogP contribution in [0.5, 0.6) is 5.75 Å². The van der Waals surface area contributed by atoms with Crippen LogP contribution in [-0.2, 0) is 20.8 Å². The number of imide groups is 1. The molecular weight excluding hydrogens is 350 g/mol. The Morgan fingerprint density at radius 3 is 2.41 bits per heavy atom. The minimum atomic E-state index is -1.02. The molecular formula is C19H25N3O5. The summed E-state index contributed by atoms with van der Waals surface area (Å²) in [6, 6.07) is 6.40. The lowest BCUT2D eigenvalue weighted by Crippen LogP contribution is -2.51. The van der Waals surface area contributed by atoms with E-state index >= 15 is 0 Å². The number of nitrogens with one attached hydrogen (secondary N) is 2. The van der Waals surface area contributed by atoms with Gasteiger partial charge in [0.25, 0.3) is 11.8 Å². The molecule has 1 fully saturated rings. The van der Waals surface area contributed by atoms with E-state index < -0.39 is 29.5 Å². The highest BCUT2D eigenvalue weighted by molar-refractivity contribution is 6.07. The third-order valence-corrected chi connectivity index (χ3v) is 4.56. The van der Waals surface area contributed by atoms with Crippen molar-refractivity contribution >= 4 is 23.6 Å². The van der Waals surface area contributed by atoms with Gasteiger partial charge in [-0.05, 0) is 51.3 Å². The molecule has 0 radical (unpaired) electrons.